The first-order valence-electron chi connectivity index (χ1n) is 22.3. The average Bonchev–Trinajstić information content (AvgIpc) is 3.34. The number of hydrogen-bond acceptors (Lipinski definition) is 17. The Hall–Kier alpha value is -6.36. The SMILES string of the molecule is C[C@@H](O)[C@H](NC(=O)[C@H](CCCCN)NC(=O)[C@@H](N)CS)C(=O)N[C@@H](Cc1ccccc1)C(=O)N[C@@H](CO)C(=O)N[C@@H](Cc1ccccc1)C(=O)N[C@@H](CO)C(=O)N[C@@H](CC(N)=O)C(=O)N[C@@H](CS)C(=O)O. The van der Waals surface area contributed by atoms with Crippen LogP contribution in [0.5, 0.6) is 0 Å². The number of aliphatic carboxylic acids is 1. The molecule has 2 rings (SSSR count). The number of carboxylic acid groups (broad SMARTS) is 1. The van der Waals surface area contributed by atoms with Crippen LogP contribution in [0.3, 0.4) is 0 Å². The molecule has 0 heterocycles. The number of thiol groups is 2. The van der Waals surface area contributed by atoms with Crippen molar-refractivity contribution in [3.8, 4) is 0 Å². The van der Waals surface area contributed by atoms with Crippen molar-refractivity contribution in [2.75, 3.05) is 31.3 Å². The van der Waals surface area contributed by atoms with E-state index in [1.807, 2.05) is 0 Å². The zero-order chi connectivity index (χ0) is 53.2. The molecule has 0 aromatic heterocycles. The smallest absolute Gasteiger partial charge is 0.327 e. The molecule has 0 spiro atoms. The molecule has 2 aromatic rings. The van der Waals surface area contributed by atoms with Crippen molar-refractivity contribution in [3.63, 3.8) is 0 Å². The molecule has 0 aliphatic carbocycles. The molecule has 0 aliphatic rings. The lowest BCUT2D eigenvalue weighted by molar-refractivity contribution is -0.142. The Balaban J connectivity index is 2.39. The number of carboxylic acids is 1. The van der Waals surface area contributed by atoms with Gasteiger partial charge in [0.1, 0.15) is 48.3 Å². The molecule has 71 heavy (non-hydrogen) atoms. The summed E-state index contributed by atoms with van der Waals surface area (Å²) in [5.74, 6) is -11.2. The van der Waals surface area contributed by atoms with Crippen LogP contribution in [0.1, 0.15) is 43.7 Å². The van der Waals surface area contributed by atoms with E-state index in [9.17, 15) is 68.4 Å². The van der Waals surface area contributed by atoms with Crippen LogP contribution in [-0.4, -0.2) is 171 Å². The molecule has 25 nitrogen and oxygen atoms in total. The Morgan fingerprint density at radius 1 is 0.535 bits per heavy atom. The van der Waals surface area contributed by atoms with Gasteiger partial charge >= 0.3 is 5.97 Å². The van der Waals surface area contributed by atoms with Gasteiger partial charge in [-0.2, -0.15) is 25.3 Å². The predicted molar refractivity (Wildman–Crippen MR) is 262 cm³/mol. The molecule has 18 N–H and O–H groups in total. The maximum atomic E-state index is 14.0. The number of unbranched alkanes of at least 4 members (excludes halogenated alkanes) is 1. The molecule has 2 aromatic carbocycles. The van der Waals surface area contributed by atoms with Gasteiger partial charge in [-0.25, -0.2) is 4.79 Å². The van der Waals surface area contributed by atoms with Crippen LogP contribution in [-0.2, 0) is 60.8 Å². The van der Waals surface area contributed by atoms with Gasteiger partial charge in [0.2, 0.25) is 53.2 Å². The van der Waals surface area contributed by atoms with Crippen LogP contribution in [0.15, 0.2) is 60.7 Å². The fraction of sp³-hybridized carbons (Fsp3) is 0.500. The third-order valence-electron chi connectivity index (χ3n) is 10.5. The molecule has 392 valence electrons. The fourth-order valence-corrected chi connectivity index (χ4v) is 6.92. The van der Waals surface area contributed by atoms with E-state index in [0.29, 0.717) is 30.5 Å². The predicted octanol–water partition coefficient (Wildman–Crippen LogP) is -6.01. The van der Waals surface area contributed by atoms with Crippen LogP contribution in [0, 0.1) is 0 Å². The van der Waals surface area contributed by atoms with Crippen LogP contribution < -0.4 is 59.7 Å². The zero-order valence-corrected chi connectivity index (χ0v) is 40.6. The summed E-state index contributed by atoms with van der Waals surface area (Å²) in [6.45, 7) is -0.670. The number of carbonyl (C=O) groups excluding carboxylic acids is 9. The summed E-state index contributed by atoms with van der Waals surface area (Å²) in [7, 11) is 0. The number of rotatable bonds is 32. The monoisotopic (exact) mass is 1040 g/mol. The number of amides is 9. The van der Waals surface area contributed by atoms with Crippen molar-refractivity contribution in [2.45, 2.75) is 106 Å². The minimum Gasteiger partial charge on any atom is -0.480 e. The van der Waals surface area contributed by atoms with Gasteiger partial charge in [0.25, 0.3) is 0 Å². The van der Waals surface area contributed by atoms with E-state index in [1.165, 1.54) is 6.92 Å². The first-order valence-corrected chi connectivity index (χ1v) is 23.5. The van der Waals surface area contributed by atoms with Gasteiger partial charge < -0.3 is 80.2 Å². The summed E-state index contributed by atoms with van der Waals surface area (Å²) < 4.78 is 0. The maximum absolute atomic E-state index is 14.0. The Morgan fingerprint density at radius 2 is 0.930 bits per heavy atom. The number of nitrogens with two attached hydrogens (primary N) is 3. The Morgan fingerprint density at radius 3 is 1.34 bits per heavy atom. The van der Waals surface area contributed by atoms with E-state index in [0.717, 1.165) is 0 Å². The average molecular weight is 1040 g/mol. The van der Waals surface area contributed by atoms with Crippen molar-refractivity contribution in [3.05, 3.63) is 71.8 Å². The van der Waals surface area contributed by atoms with Crippen molar-refractivity contribution in [2.24, 2.45) is 17.2 Å². The van der Waals surface area contributed by atoms with Gasteiger partial charge in [0, 0.05) is 24.3 Å². The van der Waals surface area contributed by atoms with Crippen molar-refractivity contribution in [1.82, 2.24) is 42.5 Å². The largest absolute Gasteiger partial charge is 0.480 e. The lowest BCUT2D eigenvalue weighted by Gasteiger charge is -2.28. The van der Waals surface area contributed by atoms with Gasteiger partial charge in [-0.15, -0.1) is 0 Å². The summed E-state index contributed by atoms with van der Waals surface area (Å²) in [5, 5.41) is 59.2. The number of carbonyl (C=O) groups is 10. The molecule has 0 unspecified atom stereocenters. The molecule has 10 atom stereocenters. The first kappa shape index (κ1) is 60.8. The highest BCUT2D eigenvalue weighted by molar-refractivity contribution is 7.80. The molecule has 0 fully saturated rings. The quantitative estimate of drug-likeness (QED) is 0.0240. The van der Waals surface area contributed by atoms with Crippen molar-refractivity contribution in [1.29, 1.82) is 0 Å². The number of hydrogen-bond donors (Lipinski definition) is 17. The minimum atomic E-state index is -1.84. The molecular formula is C44H65N11O14S2. The summed E-state index contributed by atoms with van der Waals surface area (Å²) >= 11 is 7.87. The number of aliphatic hydroxyl groups is 3. The number of benzene rings is 2. The number of nitrogens with one attached hydrogen (secondary N) is 8. The molecule has 27 heteroatoms. The van der Waals surface area contributed by atoms with Crippen LogP contribution in [0.4, 0.5) is 0 Å². The van der Waals surface area contributed by atoms with Gasteiger partial charge in [-0.3, -0.25) is 43.2 Å². The molecule has 0 radical (unpaired) electrons. The third-order valence-corrected chi connectivity index (χ3v) is 11.2. The Labute approximate surface area is 420 Å². The lowest BCUT2D eigenvalue weighted by atomic mass is 10.0. The second kappa shape index (κ2) is 31.8. The fourth-order valence-electron chi connectivity index (χ4n) is 6.51. The second-order valence-electron chi connectivity index (χ2n) is 16.2. The van der Waals surface area contributed by atoms with Crippen LogP contribution in [0.2, 0.25) is 0 Å². The van der Waals surface area contributed by atoms with Crippen molar-refractivity contribution >= 4 is 84.4 Å². The zero-order valence-electron chi connectivity index (χ0n) is 38.8. The van der Waals surface area contributed by atoms with Crippen molar-refractivity contribution < 1.29 is 68.4 Å². The van der Waals surface area contributed by atoms with Gasteiger partial charge in [0.05, 0.1) is 31.8 Å². The molecular weight excluding hydrogens is 971 g/mol. The van der Waals surface area contributed by atoms with E-state index in [2.05, 4.69) is 67.8 Å². The molecule has 0 aliphatic heterocycles. The van der Waals surface area contributed by atoms with E-state index in [4.69, 9.17) is 17.2 Å². The molecule has 9 amide bonds. The highest BCUT2D eigenvalue weighted by atomic mass is 32.1. The van der Waals surface area contributed by atoms with Crippen LogP contribution >= 0.6 is 25.3 Å². The molecule has 0 saturated carbocycles. The van der Waals surface area contributed by atoms with Gasteiger partial charge in [-0.1, -0.05) is 60.7 Å². The first-order chi connectivity index (χ1) is 33.7. The summed E-state index contributed by atoms with van der Waals surface area (Å²) in [6.07, 6.45) is -1.90. The van der Waals surface area contributed by atoms with Gasteiger partial charge in [0.15, 0.2) is 0 Å². The van der Waals surface area contributed by atoms with E-state index in [1.54, 1.807) is 60.7 Å². The lowest BCUT2D eigenvalue weighted by Crippen LogP contribution is -2.62. The summed E-state index contributed by atoms with van der Waals surface area (Å²) in [5.41, 5.74) is 17.6. The van der Waals surface area contributed by atoms with Gasteiger partial charge in [-0.05, 0) is 43.9 Å². The number of aliphatic hydroxyl groups excluding tert-OH is 3. The maximum Gasteiger partial charge on any atom is 0.327 e. The highest BCUT2D eigenvalue weighted by Crippen LogP contribution is 2.09. The summed E-state index contributed by atoms with van der Waals surface area (Å²) in [6, 6.07) is 2.26. The molecule has 0 saturated heterocycles. The van der Waals surface area contributed by atoms with E-state index in [-0.39, 0.29) is 30.8 Å². The standard InChI is InChI=1S/C44H65N11O14S2/c1-23(58)35(55-37(61)27(14-8-9-15-45)48-36(60)26(46)21-70)43(67)51-29(17-25-12-6-3-7-13-25)39(63)53-31(19-56)41(65)49-28(16-24-10-4-2-5-11-24)38(62)52-32(20-57)42(66)50-30(18-34(47)59)40(64)54-33(22-71)44(68)69/h2-7,10-13,23,26-33,35,56-58,70-71H,8-9,14-22,45-46H2,1H3,(H2,47,59)(H,48,60)(H,49,65)(H,50,66)(H,51,67)(H,52,62)(H,53,63)(H,54,64)(H,55,61)(H,68,69)/t23-,26+,27+,28+,29+,30+,31+,32+,33+,35+/m1/s1. The second-order valence-corrected chi connectivity index (χ2v) is 16.9. The Bertz CT molecular complexity index is 2110. The Kier molecular flexibility index (Phi) is 27.2. The van der Waals surface area contributed by atoms with E-state index >= 15 is 0 Å². The molecule has 0 bridgehead atoms. The normalized spacial score (nSPS) is 15.2. The topological polar surface area (TPSA) is 426 Å². The third kappa shape index (κ3) is 21.3. The highest BCUT2D eigenvalue weighted by Gasteiger charge is 2.36. The minimum absolute atomic E-state index is 0.0373. The van der Waals surface area contributed by atoms with Crippen LogP contribution in [0.25, 0.3) is 0 Å². The van der Waals surface area contributed by atoms with E-state index < -0.39 is 139 Å². The summed E-state index contributed by atoms with van der Waals surface area (Å²) in [4.78, 5) is 131. The number of primary amides is 1.